The molecule has 0 saturated carbocycles. The van der Waals surface area contributed by atoms with Gasteiger partial charge < -0.3 is 10.6 Å². The summed E-state index contributed by atoms with van der Waals surface area (Å²) in [5, 5.41) is 5.29. The average molecular weight is 388 g/mol. The fourth-order valence-electron chi connectivity index (χ4n) is 2.41. The highest BCUT2D eigenvalue weighted by Gasteiger charge is 2.11. The second-order valence-corrected chi connectivity index (χ2v) is 7.10. The van der Waals surface area contributed by atoms with Crippen molar-refractivity contribution < 1.29 is 18.8 Å². The van der Waals surface area contributed by atoms with Crippen LogP contribution in [-0.4, -0.2) is 29.9 Å². The van der Waals surface area contributed by atoms with Gasteiger partial charge in [-0.25, -0.2) is 4.39 Å². The number of Topliss-reactive ketones (excluding diaryl/α,β-unsaturated/α-hetero) is 1. The molecule has 5 nitrogen and oxygen atoms in total. The number of thioether (sulfide) groups is 1. The van der Waals surface area contributed by atoms with E-state index in [-0.39, 0.29) is 40.4 Å². The molecule has 0 aliphatic heterocycles. The Morgan fingerprint density at radius 3 is 2.30 bits per heavy atom. The quantitative estimate of drug-likeness (QED) is 0.562. The van der Waals surface area contributed by atoms with E-state index >= 15 is 0 Å². The van der Waals surface area contributed by atoms with Gasteiger partial charge in [-0.2, -0.15) is 0 Å². The van der Waals surface area contributed by atoms with Gasteiger partial charge >= 0.3 is 0 Å². The van der Waals surface area contributed by atoms with E-state index in [2.05, 4.69) is 10.6 Å². The third-order valence-corrected chi connectivity index (χ3v) is 4.94. The summed E-state index contributed by atoms with van der Waals surface area (Å²) < 4.78 is 13.9. The first-order chi connectivity index (χ1) is 12.8. The molecule has 2 rings (SSSR count). The number of aryl methyl sites for hydroxylation is 2. The van der Waals surface area contributed by atoms with E-state index < -0.39 is 5.82 Å². The average Bonchev–Trinajstić information content (AvgIpc) is 2.62. The number of anilines is 1. The van der Waals surface area contributed by atoms with Crippen molar-refractivity contribution in [1.29, 1.82) is 0 Å². The highest BCUT2D eigenvalue weighted by atomic mass is 32.2. The topological polar surface area (TPSA) is 75.3 Å². The minimum absolute atomic E-state index is 0.0347. The lowest BCUT2D eigenvalue weighted by atomic mass is 10.1. The van der Waals surface area contributed by atoms with E-state index in [1.54, 1.807) is 0 Å². The summed E-state index contributed by atoms with van der Waals surface area (Å²) in [6.07, 6.45) is 0. The molecular formula is C20H21FN2O3S. The molecule has 2 N–H and O–H groups in total. The Bertz CT molecular complexity index is 863. The van der Waals surface area contributed by atoms with Gasteiger partial charge in [0, 0.05) is 16.1 Å². The third kappa shape index (κ3) is 5.92. The second-order valence-electron chi connectivity index (χ2n) is 6.08. The zero-order valence-electron chi connectivity index (χ0n) is 15.4. The van der Waals surface area contributed by atoms with Gasteiger partial charge in [-0.1, -0.05) is 24.3 Å². The van der Waals surface area contributed by atoms with Crippen LogP contribution in [0, 0.1) is 19.7 Å². The molecule has 0 spiro atoms. The Morgan fingerprint density at radius 2 is 1.70 bits per heavy atom. The number of carbonyl (C=O) groups excluding carboxylic acids is 3. The number of halogens is 1. The van der Waals surface area contributed by atoms with E-state index in [0.29, 0.717) is 0 Å². The van der Waals surface area contributed by atoms with Gasteiger partial charge in [0.1, 0.15) is 5.82 Å². The number of carbonyl (C=O) groups is 3. The lowest BCUT2D eigenvalue weighted by molar-refractivity contribution is -0.122. The summed E-state index contributed by atoms with van der Waals surface area (Å²) in [5.41, 5.74) is 2.90. The van der Waals surface area contributed by atoms with Crippen LogP contribution in [-0.2, 0) is 9.59 Å². The Kier molecular flexibility index (Phi) is 7.12. The molecule has 0 radical (unpaired) electrons. The summed E-state index contributed by atoms with van der Waals surface area (Å²) in [6.45, 7) is 4.98. The van der Waals surface area contributed by atoms with Crippen molar-refractivity contribution in [1.82, 2.24) is 5.32 Å². The van der Waals surface area contributed by atoms with Crippen molar-refractivity contribution >= 4 is 35.0 Å². The Labute approximate surface area is 161 Å². The van der Waals surface area contributed by atoms with E-state index in [1.165, 1.54) is 19.1 Å². The van der Waals surface area contributed by atoms with Gasteiger partial charge in [-0.3, -0.25) is 14.4 Å². The van der Waals surface area contributed by atoms with Crippen LogP contribution in [0.25, 0.3) is 0 Å². The van der Waals surface area contributed by atoms with Crippen LogP contribution in [0.5, 0.6) is 0 Å². The van der Waals surface area contributed by atoms with Gasteiger partial charge in [-0.05, 0) is 44.0 Å². The summed E-state index contributed by atoms with van der Waals surface area (Å²) in [6, 6.07) is 9.83. The minimum atomic E-state index is -0.548. The maximum atomic E-state index is 13.9. The SMILES string of the molecule is CC(=O)c1ccc(SCC(=O)NCC(=O)Nc2c(C)cccc2C)c(F)c1. The van der Waals surface area contributed by atoms with Crippen LogP contribution in [0.15, 0.2) is 41.3 Å². The first kappa shape index (κ1) is 20.6. The molecule has 2 amide bonds. The first-order valence-corrected chi connectivity index (χ1v) is 9.32. The normalized spacial score (nSPS) is 10.4. The predicted octanol–water partition coefficient (Wildman–Crippen LogP) is 3.49. The number of para-hydroxylation sites is 1. The Morgan fingerprint density at radius 1 is 1.04 bits per heavy atom. The van der Waals surface area contributed by atoms with Crippen LogP contribution >= 0.6 is 11.8 Å². The van der Waals surface area contributed by atoms with Crippen LogP contribution in [0.2, 0.25) is 0 Å². The summed E-state index contributed by atoms with van der Waals surface area (Å²) in [4.78, 5) is 35.4. The standard InChI is InChI=1S/C20H21FN2O3S/c1-12-5-4-6-13(2)20(12)23-18(25)10-22-19(26)11-27-17-8-7-15(14(3)24)9-16(17)21/h4-9H,10-11H2,1-3H3,(H,22,26)(H,23,25). The Balaban J connectivity index is 1.82. The predicted molar refractivity (Wildman–Crippen MR) is 105 cm³/mol. The van der Waals surface area contributed by atoms with Crippen LogP contribution in [0.1, 0.15) is 28.4 Å². The van der Waals surface area contributed by atoms with Gasteiger partial charge in [0.2, 0.25) is 11.8 Å². The number of ketones is 1. The molecule has 7 heteroatoms. The van der Waals surface area contributed by atoms with Gasteiger partial charge in [-0.15, -0.1) is 11.8 Å². The summed E-state index contributed by atoms with van der Waals surface area (Å²) in [7, 11) is 0. The van der Waals surface area contributed by atoms with Crippen molar-refractivity contribution in [3.63, 3.8) is 0 Å². The molecule has 0 aliphatic rings. The highest BCUT2D eigenvalue weighted by molar-refractivity contribution is 8.00. The maximum absolute atomic E-state index is 13.9. The van der Waals surface area contributed by atoms with E-state index in [1.807, 2.05) is 32.0 Å². The molecular weight excluding hydrogens is 367 g/mol. The number of rotatable bonds is 7. The molecule has 27 heavy (non-hydrogen) atoms. The zero-order valence-corrected chi connectivity index (χ0v) is 16.2. The fraction of sp³-hybridized carbons (Fsp3) is 0.250. The molecule has 2 aromatic rings. The number of hydrogen-bond acceptors (Lipinski definition) is 4. The molecule has 0 heterocycles. The zero-order chi connectivity index (χ0) is 20.0. The van der Waals surface area contributed by atoms with Crippen LogP contribution < -0.4 is 10.6 Å². The summed E-state index contributed by atoms with van der Waals surface area (Å²) >= 11 is 1.01. The number of benzene rings is 2. The van der Waals surface area contributed by atoms with E-state index in [9.17, 15) is 18.8 Å². The molecule has 0 fully saturated rings. The second kappa shape index (κ2) is 9.32. The smallest absolute Gasteiger partial charge is 0.243 e. The molecule has 0 aromatic heterocycles. The number of hydrogen-bond donors (Lipinski definition) is 2. The minimum Gasteiger partial charge on any atom is -0.346 e. The third-order valence-electron chi connectivity index (χ3n) is 3.89. The number of nitrogens with one attached hydrogen (secondary N) is 2. The van der Waals surface area contributed by atoms with E-state index in [0.717, 1.165) is 34.6 Å². The van der Waals surface area contributed by atoms with Gasteiger partial charge in [0.15, 0.2) is 5.78 Å². The lowest BCUT2D eigenvalue weighted by Gasteiger charge is -2.12. The molecule has 0 unspecified atom stereocenters. The molecule has 0 bridgehead atoms. The highest BCUT2D eigenvalue weighted by Crippen LogP contribution is 2.23. The van der Waals surface area contributed by atoms with Crippen molar-refractivity contribution in [3.8, 4) is 0 Å². The van der Waals surface area contributed by atoms with Crippen molar-refractivity contribution in [2.75, 3.05) is 17.6 Å². The first-order valence-electron chi connectivity index (χ1n) is 8.34. The van der Waals surface area contributed by atoms with Crippen molar-refractivity contribution in [2.45, 2.75) is 25.7 Å². The van der Waals surface area contributed by atoms with Gasteiger partial charge in [0.05, 0.1) is 12.3 Å². The largest absolute Gasteiger partial charge is 0.346 e. The number of amides is 2. The summed E-state index contributed by atoms with van der Waals surface area (Å²) in [5.74, 6) is -1.52. The molecule has 0 saturated heterocycles. The van der Waals surface area contributed by atoms with Crippen LogP contribution in [0.3, 0.4) is 0 Å². The molecule has 2 aromatic carbocycles. The van der Waals surface area contributed by atoms with Crippen molar-refractivity contribution in [2.24, 2.45) is 0 Å². The fourth-order valence-corrected chi connectivity index (χ4v) is 3.16. The lowest BCUT2D eigenvalue weighted by Crippen LogP contribution is -2.34. The maximum Gasteiger partial charge on any atom is 0.243 e. The van der Waals surface area contributed by atoms with E-state index in [4.69, 9.17) is 0 Å². The monoisotopic (exact) mass is 388 g/mol. The van der Waals surface area contributed by atoms with Crippen LogP contribution in [0.4, 0.5) is 10.1 Å². The van der Waals surface area contributed by atoms with Gasteiger partial charge in [0.25, 0.3) is 0 Å². The molecule has 0 atom stereocenters. The Hall–Kier alpha value is -2.67. The molecule has 142 valence electrons. The van der Waals surface area contributed by atoms with Crippen molar-refractivity contribution in [3.05, 3.63) is 58.9 Å². The molecule has 0 aliphatic carbocycles.